The number of methoxy groups -OCH3 is 1. The average Bonchev–Trinajstić information content (AvgIpc) is 2.66. The molecule has 0 radical (unpaired) electrons. The van der Waals surface area contributed by atoms with Crippen molar-refractivity contribution in [2.45, 2.75) is 50.3 Å². The maximum atomic E-state index is 12.5. The summed E-state index contributed by atoms with van der Waals surface area (Å²) in [4.78, 5) is 36.2. The summed E-state index contributed by atoms with van der Waals surface area (Å²) in [6.45, 7) is 4.63. The van der Waals surface area contributed by atoms with Gasteiger partial charge in [-0.15, -0.1) is 0 Å². The Bertz CT molecular complexity index is 668. The normalized spacial score (nSPS) is 14.6. The Morgan fingerprint density at radius 3 is 2.36 bits per heavy atom. The lowest BCUT2D eigenvalue weighted by molar-refractivity contribution is -0.145. The Balaban J connectivity index is 2.63. The molecular formula is C19H28N2O6S. The molecule has 0 saturated heterocycles. The number of carbonyl (C=O) groups is 3. The number of hydrogen-bond acceptors (Lipinski definition) is 6. The standard InChI is InChI=1S/C19H28N2O6S/c1-12(26-4)15(28)16(22)21-19(2,3)18(25)20-14(17(23)24)11-27-10-13-8-6-5-7-9-13/h5-9,12,14-15,28H,10-11H2,1-4H3,(H,20,25)(H,21,22)(H,23,24). The van der Waals surface area contributed by atoms with E-state index in [-0.39, 0.29) is 13.2 Å². The maximum absolute atomic E-state index is 12.5. The van der Waals surface area contributed by atoms with Crippen molar-refractivity contribution in [1.82, 2.24) is 10.6 Å². The van der Waals surface area contributed by atoms with E-state index in [4.69, 9.17) is 9.47 Å². The topological polar surface area (TPSA) is 114 Å². The second-order valence-corrected chi connectivity index (χ2v) is 7.42. The Morgan fingerprint density at radius 1 is 1.21 bits per heavy atom. The van der Waals surface area contributed by atoms with Crippen LogP contribution < -0.4 is 10.6 Å². The lowest BCUT2D eigenvalue weighted by Crippen LogP contribution is -2.60. The van der Waals surface area contributed by atoms with Crippen LogP contribution >= 0.6 is 12.6 Å². The Morgan fingerprint density at radius 2 is 1.82 bits per heavy atom. The molecule has 0 aliphatic heterocycles. The van der Waals surface area contributed by atoms with E-state index in [1.165, 1.54) is 21.0 Å². The van der Waals surface area contributed by atoms with Gasteiger partial charge in [0.1, 0.15) is 10.8 Å². The summed E-state index contributed by atoms with van der Waals surface area (Å²) in [6, 6.07) is 8.00. The minimum absolute atomic E-state index is 0.212. The first-order valence-electron chi connectivity index (χ1n) is 8.76. The van der Waals surface area contributed by atoms with Crippen LogP contribution in [0, 0.1) is 0 Å². The van der Waals surface area contributed by atoms with Crippen molar-refractivity contribution >= 4 is 30.4 Å². The zero-order valence-electron chi connectivity index (χ0n) is 16.5. The van der Waals surface area contributed by atoms with Crippen molar-refractivity contribution in [3.8, 4) is 0 Å². The van der Waals surface area contributed by atoms with E-state index in [9.17, 15) is 19.5 Å². The fourth-order valence-corrected chi connectivity index (χ4v) is 2.35. The van der Waals surface area contributed by atoms with Gasteiger partial charge in [0, 0.05) is 7.11 Å². The van der Waals surface area contributed by atoms with Crippen LogP contribution in [-0.4, -0.2) is 59.5 Å². The number of carbonyl (C=O) groups excluding carboxylic acids is 2. The zero-order valence-corrected chi connectivity index (χ0v) is 17.4. The fraction of sp³-hybridized carbons (Fsp3) is 0.526. The van der Waals surface area contributed by atoms with Gasteiger partial charge < -0.3 is 25.2 Å². The summed E-state index contributed by atoms with van der Waals surface area (Å²) in [5, 5.41) is 13.5. The van der Waals surface area contributed by atoms with E-state index >= 15 is 0 Å². The first-order chi connectivity index (χ1) is 13.1. The molecule has 9 heteroatoms. The number of aliphatic carboxylic acids is 1. The van der Waals surface area contributed by atoms with Gasteiger partial charge in [-0.1, -0.05) is 30.3 Å². The molecule has 3 unspecified atom stereocenters. The van der Waals surface area contributed by atoms with Crippen molar-refractivity contribution < 1.29 is 29.0 Å². The van der Waals surface area contributed by atoms with Crippen molar-refractivity contribution in [3.63, 3.8) is 0 Å². The van der Waals surface area contributed by atoms with Gasteiger partial charge in [0.05, 0.1) is 19.3 Å². The molecule has 0 bridgehead atoms. The van der Waals surface area contributed by atoms with Gasteiger partial charge >= 0.3 is 5.97 Å². The summed E-state index contributed by atoms with van der Waals surface area (Å²) in [6.07, 6.45) is -0.458. The van der Waals surface area contributed by atoms with E-state index < -0.39 is 40.7 Å². The third-order valence-electron chi connectivity index (χ3n) is 4.09. The molecule has 0 saturated carbocycles. The van der Waals surface area contributed by atoms with E-state index in [1.807, 2.05) is 30.3 Å². The summed E-state index contributed by atoms with van der Waals surface area (Å²) < 4.78 is 10.5. The number of thiol groups is 1. The molecule has 8 nitrogen and oxygen atoms in total. The highest BCUT2D eigenvalue weighted by atomic mass is 32.1. The van der Waals surface area contributed by atoms with Crippen LogP contribution in [0.2, 0.25) is 0 Å². The van der Waals surface area contributed by atoms with Crippen LogP contribution in [0.4, 0.5) is 0 Å². The first kappa shape index (κ1) is 23.9. The third-order valence-corrected chi connectivity index (χ3v) is 4.74. The molecule has 28 heavy (non-hydrogen) atoms. The average molecular weight is 413 g/mol. The molecule has 0 aliphatic rings. The van der Waals surface area contributed by atoms with Crippen LogP contribution in [-0.2, 0) is 30.5 Å². The van der Waals surface area contributed by atoms with Gasteiger partial charge in [-0.3, -0.25) is 9.59 Å². The highest BCUT2D eigenvalue weighted by Gasteiger charge is 2.35. The molecule has 1 aromatic rings. The molecule has 2 amide bonds. The number of benzene rings is 1. The molecule has 0 fully saturated rings. The zero-order chi connectivity index (χ0) is 21.3. The van der Waals surface area contributed by atoms with Crippen LogP contribution in [0.15, 0.2) is 30.3 Å². The largest absolute Gasteiger partial charge is 0.480 e. The van der Waals surface area contributed by atoms with Crippen LogP contribution in [0.1, 0.15) is 26.3 Å². The number of hydrogen-bond donors (Lipinski definition) is 4. The maximum Gasteiger partial charge on any atom is 0.328 e. The summed E-state index contributed by atoms with van der Waals surface area (Å²) in [5.74, 6) is -2.38. The number of carboxylic acids is 1. The van der Waals surface area contributed by atoms with E-state index in [2.05, 4.69) is 23.3 Å². The number of ether oxygens (including phenoxy) is 2. The molecule has 0 spiro atoms. The quantitative estimate of drug-likeness (QED) is 0.403. The Kier molecular flexibility index (Phi) is 9.44. The lowest BCUT2D eigenvalue weighted by Gasteiger charge is -2.29. The van der Waals surface area contributed by atoms with E-state index in [0.29, 0.717) is 0 Å². The van der Waals surface area contributed by atoms with E-state index in [0.717, 1.165) is 5.56 Å². The highest BCUT2D eigenvalue weighted by molar-refractivity contribution is 7.81. The molecular weight excluding hydrogens is 384 g/mol. The minimum atomic E-state index is -1.35. The minimum Gasteiger partial charge on any atom is -0.480 e. The molecule has 3 N–H and O–H groups in total. The van der Waals surface area contributed by atoms with Gasteiger partial charge in [-0.05, 0) is 26.3 Å². The molecule has 1 aromatic carbocycles. The highest BCUT2D eigenvalue weighted by Crippen LogP contribution is 2.10. The van der Waals surface area contributed by atoms with Gasteiger partial charge in [0.2, 0.25) is 11.8 Å². The lowest BCUT2D eigenvalue weighted by atomic mass is 10.0. The number of nitrogens with one attached hydrogen (secondary N) is 2. The molecule has 3 atom stereocenters. The number of amides is 2. The second-order valence-electron chi connectivity index (χ2n) is 6.86. The fourth-order valence-electron chi connectivity index (χ4n) is 2.16. The first-order valence-corrected chi connectivity index (χ1v) is 9.28. The van der Waals surface area contributed by atoms with Crippen LogP contribution in [0.25, 0.3) is 0 Å². The molecule has 156 valence electrons. The van der Waals surface area contributed by atoms with Crippen molar-refractivity contribution in [3.05, 3.63) is 35.9 Å². The summed E-state index contributed by atoms with van der Waals surface area (Å²) >= 11 is 4.18. The van der Waals surface area contributed by atoms with Crippen molar-refractivity contribution in [2.24, 2.45) is 0 Å². The number of rotatable bonds is 11. The van der Waals surface area contributed by atoms with Crippen LogP contribution in [0.3, 0.4) is 0 Å². The van der Waals surface area contributed by atoms with Crippen molar-refractivity contribution in [1.29, 1.82) is 0 Å². The molecule has 1 rings (SSSR count). The van der Waals surface area contributed by atoms with Crippen LogP contribution in [0.5, 0.6) is 0 Å². The molecule has 0 aliphatic carbocycles. The Labute approximate surface area is 170 Å². The predicted octanol–water partition coefficient (Wildman–Crippen LogP) is 1.00. The van der Waals surface area contributed by atoms with E-state index in [1.54, 1.807) is 6.92 Å². The monoisotopic (exact) mass is 412 g/mol. The van der Waals surface area contributed by atoms with Gasteiger partial charge in [0.15, 0.2) is 6.04 Å². The summed E-state index contributed by atoms with van der Waals surface area (Å²) in [5.41, 5.74) is -0.462. The third kappa shape index (κ3) is 7.49. The predicted molar refractivity (Wildman–Crippen MR) is 107 cm³/mol. The van der Waals surface area contributed by atoms with Gasteiger partial charge in [-0.2, -0.15) is 12.6 Å². The molecule has 0 heterocycles. The Hall–Kier alpha value is -2.10. The SMILES string of the molecule is COC(C)C(S)C(=O)NC(C)(C)C(=O)NC(COCc1ccccc1)C(=O)O. The number of carboxylic acid groups (broad SMARTS) is 1. The smallest absolute Gasteiger partial charge is 0.328 e. The second kappa shape index (κ2) is 11.0. The van der Waals surface area contributed by atoms with Crippen molar-refractivity contribution in [2.75, 3.05) is 13.7 Å². The molecule has 0 aromatic heterocycles. The van der Waals surface area contributed by atoms with Gasteiger partial charge in [0.25, 0.3) is 0 Å². The summed E-state index contributed by atoms with van der Waals surface area (Å²) in [7, 11) is 1.45. The van der Waals surface area contributed by atoms with Gasteiger partial charge in [-0.25, -0.2) is 4.79 Å².